The molecular formula is C19H33IN4O. The number of hydrogen-bond acceptors (Lipinski definition) is 3. The van der Waals surface area contributed by atoms with Crippen LogP contribution in [0, 0.1) is 0 Å². The predicted octanol–water partition coefficient (Wildman–Crippen LogP) is 2.99. The van der Waals surface area contributed by atoms with E-state index in [0.29, 0.717) is 0 Å². The lowest BCUT2D eigenvalue weighted by atomic mass is 10.1. The fourth-order valence-electron chi connectivity index (χ4n) is 2.84. The molecule has 0 atom stereocenters. The van der Waals surface area contributed by atoms with Gasteiger partial charge in [0.05, 0.1) is 13.2 Å². The number of halogens is 1. The highest BCUT2D eigenvalue weighted by atomic mass is 127. The molecule has 142 valence electrons. The fraction of sp³-hybridized carbons (Fsp3) is 0.632. The zero-order chi connectivity index (χ0) is 17.0. The van der Waals surface area contributed by atoms with Gasteiger partial charge in [-0.3, -0.25) is 9.89 Å². The molecular weight excluding hydrogens is 427 g/mol. The number of guanidine groups is 1. The van der Waals surface area contributed by atoms with Crippen molar-refractivity contribution >= 4 is 29.9 Å². The molecule has 2 N–H and O–H groups in total. The van der Waals surface area contributed by atoms with Gasteiger partial charge >= 0.3 is 0 Å². The largest absolute Gasteiger partial charge is 0.379 e. The number of aliphatic imine (C=N–C) groups is 1. The van der Waals surface area contributed by atoms with E-state index in [1.165, 1.54) is 30.4 Å². The first-order chi connectivity index (χ1) is 11.8. The van der Waals surface area contributed by atoms with E-state index in [1.54, 1.807) is 0 Å². The van der Waals surface area contributed by atoms with Gasteiger partial charge in [0.15, 0.2) is 5.96 Å². The van der Waals surface area contributed by atoms with Crippen molar-refractivity contribution in [3.63, 3.8) is 0 Å². The maximum Gasteiger partial charge on any atom is 0.191 e. The maximum atomic E-state index is 5.41. The number of benzene rings is 1. The minimum Gasteiger partial charge on any atom is -0.379 e. The second kappa shape index (κ2) is 13.4. The number of morpholine rings is 1. The van der Waals surface area contributed by atoms with E-state index in [4.69, 9.17) is 4.74 Å². The number of nitrogens with one attached hydrogen (secondary N) is 2. The molecule has 1 fully saturated rings. The van der Waals surface area contributed by atoms with Gasteiger partial charge in [0, 0.05) is 39.8 Å². The number of ether oxygens (including phenoxy) is 1. The zero-order valence-corrected chi connectivity index (χ0v) is 17.9. The second-order valence-electron chi connectivity index (χ2n) is 6.27. The molecule has 0 saturated carbocycles. The van der Waals surface area contributed by atoms with Gasteiger partial charge in [-0.25, -0.2) is 0 Å². The van der Waals surface area contributed by atoms with Gasteiger partial charge in [-0.1, -0.05) is 44.0 Å². The van der Waals surface area contributed by atoms with Gasteiger partial charge in [-0.05, 0) is 17.5 Å². The normalized spacial score (nSPS) is 15.5. The van der Waals surface area contributed by atoms with Crippen LogP contribution in [-0.4, -0.2) is 50.8 Å². The van der Waals surface area contributed by atoms with Crippen molar-refractivity contribution in [2.45, 2.75) is 39.3 Å². The minimum absolute atomic E-state index is 0. The molecule has 6 heteroatoms. The molecule has 0 unspecified atom stereocenters. The summed E-state index contributed by atoms with van der Waals surface area (Å²) in [6.07, 6.45) is 3.68. The Kier molecular flexibility index (Phi) is 11.9. The molecule has 1 aliphatic rings. The van der Waals surface area contributed by atoms with Crippen LogP contribution < -0.4 is 10.6 Å². The molecule has 0 amide bonds. The van der Waals surface area contributed by atoms with Gasteiger partial charge < -0.3 is 15.4 Å². The van der Waals surface area contributed by atoms with E-state index in [2.05, 4.69) is 51.7 Å². The van der Waals surface area contributed by atoms with Crippen LogP contribution in [0.15, 0.2) is 29.3 Å². The van der Waals surface area contributed by atoms with Crippen molar-refractivity contribution in [1.29, 1.82) is 0 Å². The molecule has 0 bridgehead atoms. The van der Waals surface area contributed by atoms with Gasteiger partial charge in [0.25, 0.3) is 0 Å². The van der Waals surface area contributed by atoms with E-state index in [0.717, 1.165) is 51.9 Å². The molecule has 0 aliphatic carbocycles. The quantitative estimate of drug-likeness (QED) is 0.271. The number of nitrogens with zero attached hydrogens (tertiary/aromatic N) is 2. The molecule has 1 aliphatic heterocycles. The zero-order valence-electron chi connectivity index (χ0n) is 15.6. The number of unbranched alkanes of at least 4 members (excludes halogenated alkanes) is 2. The molecule has 0 radical (unpaired) electrons. The Morgan fingerprint density at radius 1 is 1.16 bits per heavy atom. The third-order valence-electron chi connectivity index (χ3n) is 4.26. The average Bonchev–Trinajstić information content (AvgIpc) is 2.62. The molecule has 2 rings (SSSR count). The lowest BCUT2D eigenvalue weighted by Gasteiger charge is -2.26. The summed E-state index contributed by atoms with van der Waals surface area (Å²) in [6, 6.07) is 8.80. The Morgan fingerprint density at radius 3 is 2.64 bits per heavy atom. The summed E-state index contributed by atoms with van der Waals surface area (Å²) in [6.45, 7) is 8.74. The third kappa shape index (κ3) is 8.87. The first-order valence-electron chi connectivity index (χ1n) is 9.14. The van der Waals surface area contributed by atoms with Crippen LogP contribution in [0.25, 0.3) is 0 Å². The monoisotopic (exact) mass is 460 g/mol. The highest BCUT2D eigenvalue weighted by molar-refractivity contribution is 14.0. The third-order valence-corrected chi connectivity index (χ3v) is 4.26. The van der Waals surface area contributed by atoms with E-state index in [-0.39, 0.29) is 24.0 Å². The van der Waals surface area contributed by atoms with E-state index < -0.39 is 0 Å². The van der Waals surface area contributed by atoms with E-state index in [1.807, 2.05) is 7.05 Å². The Hall–Kier alpha value is -0.860. The van der Waals surface area contributed by atoms with Crippen molar-refractivity contribution in [2.24, 2.45) is 4.99 Å². The summed E-state index contributed by atoms with van der Waals surface area (Å²) < 4.78 is 5.41. The maximum absolute atomic E-state index is 5.41. The molecule has 1 heterocycles. The topological polar surface area (TPSA) is 48.9 Å². The molecule has 0 spiro atoms. The molecule has 1 aromatic rings. The first kappa shape index (κ1) is 22.2. The second-order valence-corrected chi connectivity index (χ2v) is 6.27. The first-order valence-corrected chi connectivity index (χ1v) is 9.14. The van der Waals surface area contributed by atoms with Gasteiger partial charge in [-0.15, -0.1) is 24.0 Å². The van der Waals surface area contributed by atoms with Crippen LogP contribution in [0.3, 0.4) is 0 Å². The summed E-state index contributed by atoms with van der Waals surface area (Å²) >= 11 is 0. The van der Waals surface area contributed by atoms with Crippen molar-refractivity contribution in [2.75, 3.05) is 39.9 Å². The van der Waals surface area contributed by atoms with Crippen LogP contribution in [0.1, 0.15) is 37.3 Å². The van der Waals surface area contributed by atoms with Gasteiger partial charge in [0.1, 0.15) is 0 Å². The van der Waals surface area contributed by atoms with Gasteiger partial charge in [-0.2, -0.15) is 0 Å². The highest BCUT2D eigenvalue weighted by Gasteiger charge is 2.10. The van der Waals surface area contributed by atoms with Crippen LogP contribution in [0.2, 0.25) is 0 Å². The Labute approximate surface area is 169 Å². The average molecular weight is 460 g/mol. The summed E-state index contributed by atoms with van der Waals surface area (Å²) in [4.78, 5) is 6.74. The van der Waals surface area contributed by atoms with Crippen LogP contribution in [-0.2, 0) is 17.8 Å². The summed E-state index contributed by atoms with van der Waals surface area (Å²) in [5.74, 6) is 0.879. The highest BCUT2D eigenvalue weighted by Crippen LogP contribution is 2.10. The van der Waals surface area contributed by atoms with Crippen LogP contribution in [0.5, 0.6) is 0 Å². The lowest BCUT2D eigenvalue weighted by Crippen LogP contribution is -2.37. The molecule has 0 aromatic heterocycles. The van der Waals surface area contributed by atoms with Crippen molar-refractivity contribution < 1.29 is 4.74 Å². The Morgan fingerprint density at radius 2 is 1.92 bits per heavy atom. The van der Waals surface area contributed by atoms with Crippen molar-refractivity contribution in [3.05, 3.63) is 35.4 Å². The SMILES string of the molecule is CCCCCNC(=NC)NCc1cccc(CN2CCOCC2)c1.I. The van der Waals surface area contributed by atoms with Crippen molar-refractivity contribution in [1.82, 2.24) is 15.5 Å². The standard InChI is InChI=1S/C19H32N4O.HI/c1-3-4-5-9-21-19(20-2)22-15-17-7-6-8-18(14-17)16-23-10-12-24-13-11-23;/h6-8,14H,3-5,9-13,15-16H2,1-2H3,(H2,20,21,22);1H. The predicted molar refractivity (Wildman–Crippen MR) is 116 cm³/mol. The summed E-state index contributed by atoms with van der Waals surface area (Å²) in [5, 5.41) is 6.77. The van der Waals surface area contributed by atoms with Gasteiger partial charge in [0.2, 0.25) is 0 Å². The number of hydrogen-bond donors (Lipinski definition) is 2. The molecule has 5 nitrogen and oxygen atoms in total. The fourth-order valence-corrected chi connectivity index (χ4v) is 2.84. The Bertz CT molecular complexity index is 504. The lowest BCUT2D eigenvalue weighted by molar-refractivity contribution is 0.0342. The molecule has 1 saturated heterocycles. The minimum atomic E-state index is 0. The summed E-state index contributed by atoms with van der Waals surface area (Å²) in [7, 11) is 1.82. The van der Waals surface area contributed by atoms with E-state index in [9.17, 15) is 0 Å². The molecule has 25 heavy (non-hydrogen) atoms. The number of rotatable bonds is 8. The summed E-state index contributed by atoms with van der Waals surface area (Å²) in [5.41, 5.74) is 2.65. The smallest absolute Gasteiger partial charge is 0.191 e. The van der Waals surface area contributed by atoms with Crippen LogP contribution in [0.4, 0.5) is 0 Å². The van der Waals surface area contributed by atoms with Crippen LogP contribution >= 0.6 is 24.0 Å². The Balaban J connectivity index is 0.00000312. The molecule has 1 aromatic carbocycles. The van der Waals surface area contributed by atoms with E-state index >= 15 is 0 Å². The van der Waals surface area contributed by atoms with Crippen molar-refractivity contribution in [3.8, 4) is 0 Å².